The number of benzene rings is 1. The Balaban J connectivity index is 2.25. The molecule has 3 aromatic rings. The van der Waals surface area contributed by atoms with Gasteiger partial charge in [-0.2, -0.15) is 0 Å². The van der Waals surface area contributed by atoms with Crippen molar-refractivity contribution in [3.63, 3.8) is 0 Å². The van der Waals surface area contributed by atoms with E-state index in [1.807, 2.05) is 18.2 Å². The Labute approximate surface area is 108 Å². The molecule has 5 heteroatoms. The molecule has 0 aliphatic rings. The number of nitrogens with zero attached hydrogens (tertiary/aromatic N) is 3. The van der Waals surface area contributed by atoms with E-state index in [9.17, 15) is 9.90 Å². The lowest BCUT2D eigenvalue weighted by molar-refractivity contribution is 0.0699. The Morgan fingerprint density at radius 2 is 1.95 bits per heavy atom. The van der Waals surface area contributed by atoms with Crippen molar-refractivity contribution >= 4 is 16.9 Å². The second kappa shape index (κ2) is 4.45. The summed E-state index contributed by atoms with van der Waals surface area (Å²) in [4.78, 5) is 23.5. The van der Waals surface area contributed by atoms with Gasteiger partial charge in [-0.3, -0.25) is 0 Å². The second-order valence-corrected chi connectivity index (χ2v) is 3.97. The van der Waals surface area contributed by atoms with Crippen LogP contribution in [0.15, 0.2) is 48.9 Å². The molecule has 2 aromatic heterocycles. The number of hydrogen-bond donors (Lipinski definition) is 1. The molecule has 92 valence electrons. The van der Waals surface area contributed by atoms with Gasteiger partial charge in [0, 0.05) is 11.6 Å². The van der Waals surface area contributed by atoms with Crippen LogP contribution >= 0.6 is 0 Å². The van der Waals surface area contributed by atoms with Crippen molar-refractivity contribution in [3.8, 4) is 11.4 Å². The van der Waals surface area contributed by atoms with Gasteiger partial charge >= 0.3 is 5.97 Å². The zero-order valence-corrected chi connectivity index (χ0v) is 9.82. The van der Waals surface area contributed by atoms with E-state index in [0.29, 0.717) is 16.9 Å². The fourth-order valence-electron chi connectivity index (χ4n) is 1.90. The maximum atomic E-state index is 11.2. The van der Waals surface area contributed by atoms with Crippen LogP contribution in [0.2, 0.25) is 0 Å². The summed E-state index contributed by atoms with van der Waals surface area (Å²) in [7, 11) is 0. The number of rotatable bonds is 2. The number of carboxylic acid groups (broad SMARTS) is 1. The fourth-order valence-corrected chi connectivity index (χ4v) is 1.90. The predicted octanol–water partition coefficient (Wildman–Crippen LogP) is 2.39. The van der Waals surface area contributed by atoms with Crippen LogP contribution in [0.25, 0.3) is 22.3 Å². The van der Waals surface area contributed by atoms with Gasteiger partial charge in [0.2, 0.25) is 0 Å². The molecule has 0 aliphatic heterocycles. The van der Waals surface area contributed by atoms with E-state index >= 15 is 0 Å². The largest absolute Gasteiger partial charge is 0.478 e. The molecule has 0 unspecified atom stereocenters. The number of aromatic carboxylic acids is 1. The summed E-state index contributed by atoms with van der Waals surface area (Å²) in [5, 5.41) is 9.97. The molecule has 1 aromatic carbocycles. The molecule has 0 radical (unpaired) electrons. The summed E-state index contributed by atoms with van der Waals surface area (Å²) in [5.41, 5.74) is 1.94. The van der Waals surface area contributed by atoms with E-state index in [1.54, 1.807) is 24.4 Å². The molecular weight excluding hydrogens is 242 g/mol. The van der Waals surface area contributed by atoms with Gasteiger partial charge in [-0.1, -0.05) is 18.2 Å². The van der Waals surface area contributed by atoms with Crippen molar-refractivity contribution in [1.82, 2.24) is 15.0 Å². The van der Waals surface area contributed by atoms with Gasteiger partial charge in [0.05, 0.1) is 22.5 Å². The zero-order valence-electron chi connectivity index (χ0n) is 9.82. The minimum absolute atomic E-state index is 0.188. The average Bonchev–Trinajstić information content (AvgIpc) is 2.47. The molecule has 0 spiro atoms. The van der Waals surface area contributed by atoms with E-state index in [4.69, 9.17) is 0 Å². The maximum absolute atomic E-state index is 11.2. The lowest BCUT2D eigenvalue weighted by atomic mass is 10.1. The number of carbonyl (C=O) groups is 1. The predicted molar refractivity (Wildman–Crippen MR) is 69.7 cm³/mol. The first kappa shape index (κ1) is 11.3. The van der Waals surface area contributed by atoms with Crippen LogP contribution in [0.3, 0.4) is 0 Å². The van der Waals surface area contributed by atoms with Crippen LogP contribution in [-0.2, 0) is 0 Å². The molecule has 0 amide bonds. The van der Waals surface area contributed by atoms with Gasteiger partial charge in [-0.05, 0) is 18.2 Å². The molecule has 0 aliphatic carbocycles. The van der Waals surface area contributed by atoms with Crippen LogP contribution in [-0.4, -0.2) is 26.0 Å². The van der Waals surface area contributed by atoms with Crippen molar-refractivity contribution in [2.24, 2.45) is 0 Å². The number of aromatic nitrogens is 3. The van der Waals surface area contributed by atoms with Crippen LogP contribution in [0.5, 0.6) is 0 Å². The van der Waals surface area contributed by atoms with Gasteiger partial charge in [0.25, 0.3) is 0 Å². The molecule has 5 nitrogen and oxygen atoms in total. The summed E-state index contributed by atoms with van der Waals surface area (Å²) in [5.74, 6) is -0.988. The first-order valence-electron chi connectivity index (χ1n) is 5.65. The third-order valence-electron chi connectivity index (χ3n) is 2.80. The molecule has 2 heterocycles. The molecule has 0 atom stereocenters. The SMILES string of the molecule is O=C(O)c1cccc2ccc(-c3ccncn3)nc12. The normalized spacial score (nSPS) is 10.5. The number of carboxylic acids is 1. The number of para-hydroxylation sites is 1. The van der Waals surface area contributed by atoms with Crippen molar-refractivity contribution in [1.29, 1.82) is 0 Å². The summed E-state index contributed by atoms with van der Waals surface area (Å²) < 4.78 is 0. The molecule has 3 rings (SSSR count). The highest BCUT2D eigenvalue weighted by Crippen LogP contribution is 2.21. The van der Waals surface area contributed by atoms with Gasteiger partial charge in [0.15, 0.2) is 0 Å². The zero-order chi connectivity index (χ0) is 13.2. The van der Waals surface area contributed by atoms with Crippen molar-refractivity contribution in [2.75, 3.05) is 0 Å². The highest BCUT2D eigenvalue weighted by molar-refractivity contribution is 6.02. The Morgan fingerprint density at radius 3 is 2.68 bits per heavy atom. The highest BCUT2D eigenvalue weighted by atomic mass is 16.4. The molecule has 19 heavy (non-hydrogen) atoms. The van der Waals surface area contributed by atoms with Crippen molar-refractivity contribution in [3.05, 3.63) is 54.5 Å². The van der Waals surface area contributed by atoms with E-state index in [0.717, 1.165) is 5.39 Å². The number of pyridine rings is 1. The molecule has 0 fully saturated rings. The van der Waals surface area contributed by atoms with Crippen molar-refractivity contribution in [2.45, 2.75) is 0 Å². The Bertz CT molecular complexity index is 757. The van der Waals surface area contributed by atoms with E-state index in [2.05, 4.69) is 15.0 Å². The highest BCUT2D eigenvalue weighted by Gasteiger charge is 2.10. The van der Waals surface area contributed by atoms with Crippen LogP contribution in [0.4, 0.5) is 0 Å². The Hall–Kier alpha value is -2.82. The first-order valence-corrected chi connectivity index (χ1v) is 5.65. The first-order chi connectivity index (χ1) is 9.25. The van der Waals surface area contributed by atoms with E-state index in [-0.39, 0.29) is 5.56 Å². The number of fused-ring (bicyclic) bond motifs is 1. The fraction of sp³-hybridized carbons (Fsp3) is 0. The van der Waals surface area contributed by atoms with Crippen LogP contribution in [0.1, 0.15) is 10.4 Å². The van der Waals surface area contributed by atoms with Gasteiger partial charge in [0.1, 0.15) is 6.33 Å². The third-order valence-corrected chi connectivity index (χ3v) is 2.80. The van der Waals surface area contributed by atoms with Gasteiger partial charge < -0.3 is 5.11 Å². The minimum Gasteiger partial charge on any atom is -0.478 e. The third kappa shape index (κ3) is 2.01. The monoisotopic (exact) mass is 251 g/mol. The van der Waals surface area contributed by atoms with Crippen LogP contribution < -0.4 is 0 Å². The lowest BCUT2D eigenvalue weighted by Gasteiger charge is -2.04. The average molecular weight is 251 g/mol. The molecule has 1 N–H and O–H groups in total. The van der Waals surface area contributed by atoms with E-state index < -0.39 is 5.97 Å². The Kier molecular flexibility index (Phi) is 2.64. The van der Waals surface area contributed by atoms with Gasteiger partial charge in [-0.15, -0.1) is 0 Å². The van der Waals surface area contributed by atoms with E-state index in [1.165, 1.54) is 6.33 Å². The molecule has 0 saturated carbocycles. The number of hydrogen-bond acceptors (Lipinski definition) is 4. The quantitative estimate of drug-likeness (QED) is 0.756. The summed E-state index contributed by atoms with van der Waals surface area (Å²) in [6.07, 6.45) is 3.06. The molecule has 0 bridgehead atoms. The summed E-state index contributed by atoms with van der Waals surface area (Å²) >= 11 is 0. The lowest BCUT2D eigenvalue weighted by Crippen LogP contribution is -1.99. The van der Waals surface area contributed by atoms with Gasteiger partial charge in [-0.25, -0.2) is 19.7 Å². The summed E-state index contributed by atoms with van der Waals surface area (Å²) in [6, 6.07) is 10.5. The summed E-state index contributed by atoms with van der Waals surface area (Å²) in [6.45, 7) is 0. The maximum Gasteiger partial charge on any atom is 0.337 e. The standard InChI is InChI=1S/C14H9N3O2/c18-14(19)10-3-1-2-9-4-5-12(17-13(9)10)11-6-7-15-8-16-11/h1-8H,(H,18,19). The smallest absolute Gasteiger partial charge is 0.337 e. The Morgan fingerprint density at radius 1 is 1.05 bits per heavy atom. The minimum atomic E-state index is -0.988. The molecular formula is C14H9N3O2. The second-order valence-electron chi connectivity index (χ2n) is 3.97. The topological polar surface area (TPSA) is 76.0 Å². The van der Waals surface area contributed by atoms with Crippen LogP contribution in [0, 0.1) is 0 Å². The molecule has 0 saturated heterocycles. The van der Waals surface area contributed by atoms with Crippen molar-refractivity contribution < 1.29 is 9.90 Å².